The first-order valence-corrected chi connectivity index (χ1v) is 6.72. The van der Waals surface area contributed by atoms with Crippen molar-refractivity contribution in [2.45, 2.75) is 13.5 Å². The van der Waals surface area contributed by atoms with Gasteiger partial charge < -0.3 is 4.57 Å². The van der Waals surface area contributed by atoms with Gasteiger partial charge in [-0.25, -0.2) is 0 Å². The van der Waals surface area contributed by atoms with E-state index in [2.05, 4.69) is 48.0 Å². The van der Waals surface area contributed by atoms with Gasteiger partial charge in [0, 0.05) is 22.0 Å². The van der Waals surface area contributed by atoms with Crippen molar-refractivity contribution in [3.05, 3.63) is 57.4 Å². The van der Waals surface area contributed by atoms with E-state index in [0.29, 0.717) is 0 Å². The second-order valence-corrected chi connectivity index (χ2v) is 5.96. The van der Waals surface area contributed by atoms with Gasteiger partial charge in [-0.05, 0) is 36.8 Å². The zero-order chi connectivity index (χ0) is 11.8. The predicted molar refractivity (Wildman–Crippen MR) is 75.1 cm³/mol. The van der Waals surface area contributed by atoms with E-state index in [1.54, 1.807) is 11.3 Å². The number of thiophene rings is 1. The molecule has 0 fully saturated rings. The fourth-order valence-electron chi connectivity index (χ4n) is 2.12. The Morgan fingerprint density at radius 3 is 2.82 bits per heavy atom. The summed E-state index contributed by atoms with van der Waals surface area (Å²) >= 11 is 7.60. The Morgan fingerprint density at radius 1 is 1.18 bits per heavy atom. The van der Waals surface area contributed by atoms with Crippen molar-refractivity contribution in [1.29, 1.82) is 0 Å². The first-order chi connectivity index (χ1) is 8.24. The van der Waals surface area contributed by atoms with Gasteiger partial charge in [0.15, 0.2) is 0 Å². The number of fused-ring (bicyclic) bond motifs is 1. The molecule has 0 spiro atoms. The molecule has 1 aromatic carbocycles. The van der Waals surface area contributed by atoms with Crippen molar-refractivity contribution in [2.75, 3.05) is 0 Å². The summed E-state index contributed by atoms with van der Waals surface area (Å²) in [4.78, 5) is 1.29. The lowest BCUT2D eigenvalue weighted by atomic mass is 10.1. The lowest BCUT2D eigenvalue weighted by Crippen LogP contribution is -1.95. The molecule has 0 radical (unpaired) electrons. The standard InChI is InChI=1S/C14H12ClNS/c1-10-3-2-4-13-12(10)7-8-16(13)9-11-5-6-14(15)17-11/h2-8H,9H2,1H3. The van der Waals surface area contributed by atoms with E-state index in [1.807, 2.05) is 6.07 Å². The van der Waals surface area contributed by atoms with E-state index in [9.17, 15) is 0 Å². The molecule has 1 nitrogen and oxygen atoms in total. The highest BCUT2D eigenvalue weighted by molar-refractivity contribution is 7.16. The molecule has 86 valence electrons. The maximum Gasteiger partial charge on any atom is 0.0931 e. The fourth-order valence-corrected chi connectivity index (χ4v) is 3.21. The molecule has 3 aromatic rings. The van der Waals surface area contributed by atoms with Gasteiger partial charge in [-0.1, -0.05) is 23.7 Å². The smallest absolute Gasteiger partial charge is 0.0931 e. The number of hydrogen-bond donors (Lipinski definition) is 0. The van der Waals surface area contributed by atoms with E-state index in [4.69, 9.17) is 11.6 Å². The number of aryl methyl sites for hydroxylation is 1. The van der Waals surface area contributed by atoms with Gasteiger partial charge in [0.1, 0.15) is 0 Å². The second-order valence-electron chi connectivity index (χ2n) is 4.16. The molecule has 0 saturated heterocycles. The van der Waals surface area contributed by atoms with Gasteiger partial charge in [-0.2, -0.15) is 0 Å². The summed E-state index contributed by atoms with van der Waals surface area (Å²) in [5, 5.41) is 1.33. The third kappa shape index (κ3) is 1.99. The molecule has 0 aliphatic heterocycles. The molecule has 0 saturated carbocycles. The molecule has 0 N–H and O–H groups in total. The molecular weight excluding hydrogens is 250 g/mol. The molecular formula is C14H12ClNS. The van der Waals surface area contributed by atoms with E-state index >= 15 is 0 Å². The molecule has 17 heavy (non-hydrogen) atoms. The van der Waals surface area contributed by atoms with Crippen molar-refractivity contribution in [3.63, 3.8) is 0 Å². The van der Waals surface area contributed by atoms with Crippen LogP contribution in [0.4, 0.5) is 0 Å². The van der Waals surface area contributed by atoms with Gasteiger partial charge >= 0.3 is 0 Å². The molecule has 0 bridgehead atoms. The Bertz CT molecular complexity index is 666. The fraction of sp³-hybridized carbons (Fsp3) is 0.143. The van der Waals surface area contributed by atoms with Gasteiger partial charge in [-0.15, -0.1) is 11.3 Å². The van der Waals surface area contributed by atoms with Crippen LogP contribution in [0.2, 0.25) is 4.34 Å². The highest BCUT2D eigenvalue weighted by Gasteiger charge is 2.04. The topological polar surface area (TPSA) is 4.93 Å². The molecule has 2 heterocycles. The van der Waals surface area contributed by atoms with Gasteiger partial charge in [0.05, 0.1) is 10.9 Å². The predicted octanol–water partition coefficient (Wildman–Crippen LogP) is 4.71. The zero-order valence-corrected chi connectivity index (χ0v) is 11.1. The summed E-state index contributed by atoms with van der Waals surface area (Å²) in [6.07, 6.45) is 2.14. The van der Waals surface area contributed by atoms with Crippen LogP contribution in [0.25, 0.3) is 10.9 Å². The Kier molecular flexibility index (Phi) is 2.69. The molecule has 2 aromatic heterocycles. The first-order valence-electron chi connectivity index (χ1n) is 5.53. The third-order valence-corrected chi connectivity index (χ3v) is 4.20. The first kappa shape index (κ1) is 10.9. The lowest BCUT2D eigenvalue weighted by Gasteiger charge is -2.04. The second kappa shape index (κ2) is 4.21. The summed E-state index contributed by atoms with van der Waals surface area (Å²) in [6, 6.07) is 12.6. The van der Waals surface area contributed by atoms with Crippen molar-refractivity contribution in [1.82, 2.24) is 4.57 Å². The summed E-state index contributed by atoms with van der Waals surface area (Å²) in [7, 11) is 0. The maximum absolute atomic E-state index is 5.95. The zero-order valence-electron chi connectivity index (χ0n) is 9.48. The average Bonchev–Trinajstić information content (AvgIpc) is 2.88. The Hall–Kier alpha value is -1.25. The SMILES string of the molecule is Cc1cccc2c1ccn2Cc1ccc(Cl)s1. The molecule has 0 unspecified atom stereocenters. The van der Waals surface area contributed by atoms with Crippen LogP contribution < -0.4 is 0 Å². The Labute approximate surface area is 109 Å². The van der Waals surface area contributed by atoms with Crippen LogP contribution in [0.5, 0.6) is 0 Å². The van der Waals surface area contributed by atoms with E-state index in [0.717, 1.165) is 10.9 Å². The molecule has 0 aliphatic rings. The van der Waals surface area contributed by atoms with E-state index < -0.39 is 0 Å². The molecule has 0 aliphatic carbocycles. The summed E-state index contributed by atoms with van der Waals surface area (Å²) in [6.45, 7) is 3.04. The normalized spacial score (nSPS) is 11.2. The Balaban J connectivity index is 2.04. The van der Waals surface area contributed by atoms with Crippen molar-refractivity contribution in [2.24, 2.45) is 0 Å². The summed E-state index contributed by atoms with van der Waals surface area (Å²) in [5.74, 6) is 0. The number of aromatic nitrogens is 1. The highest BCUT2D eigenvalue weighted by atomic mass is 35.5. The number of nitrogens with zero attached hydrogens (tertiary/aromatic N) is 1. The van der Waals surface area contributed by atoms with Gasteiger partial charge in [0.2, 0.25) is 0 Å². The number of benzene rings is 1. The van der Waals surface area contributed by atoms with Crippen LogP contribution in [0, 0.1) is 6.92 Å². The van der Waals surface area contributed by atoms with E-state index in [1.165, 1.54) is 21.3 Å². The highest BCUT2D eigenvalue weighted by Crippen LogP contribution is 2.25. The molecule has 0 amide bonds. The average molecular weight is 262 g/mol. The molecule has 3 rings (SSSR count). The minimum absolute atomic E-state index is 0.854. The van der Waals surface area contributed by atoms with Crippen LogP contribution in [0.3, 0.4) is 0 Å². The minimum atomic E-state index is 0.854. The van der Waals surface area contributed by atoms with Gasteiger partial charge in [-0.3, -0.25) is 0 Å². The summed E-state index contributed by atoms with van der Waals surface area (Å²) < 4.78 is 3.12. The van der Waals surface area contributed by atoms with Crippen LogP contribution in [-0.2, 0) is 6.54 Å². The van der Waals surface area contributed by atoms with Crippen molar-refractivity contribution < 1.29 is 0 Å². The van der Waals surface area contributed by atoms with E-state index in [-0.39, 0.29) is 0 Å². The van der Waals surface area contributed by atoms with Crippen molar-refractivity contribution >= 4 is 33.8 Å². The number of halogens is 1. The molecule has 0 atom stereocenters. The number of hydrogen-bond acceptors (Lipinski definition) is 1. The molecule has 3 heteroatoms. The van der Waals surface area contributed by atoms with Crippen molar-refractivity contribution in [3.8, 4) is 0 Å². The Morgan fingerprint density at radius 2 is 2.06 bits per heavy atom. The minimum Gasteiger partial charge on any atom is -0.342 e. The van der Waals surface area contributed by atoms with Gasteiger partial charge in [0.25, 0.3) is 0 Å². The van der Waals surface area contributed by atoms with Crippen LogP contribution in [0.15, 0.2) is 42.6 Å². The van der Waals surface area contributed by atoms with Crippen LogP contribution in [-0.4, -0.2) is 4.57 Å². The maximum atomic E-state index is 5.95. The van der Waals surface area contributed by atoms with Crippen LogP contribution >= 0.6 is 22.9 Å². The largest absolute Gasteiger partial charge is 0.342 e. The number of rotatable bonds is 2. The van der Waals surface area contributed by atoms with Crippen LogP contribution in [0.1, 0.15) is 10.4 Å². The summed E-state index contributed by atoms with van der Waals surface area (Å²) in [5.41, 5.74) is 2.61. The monoisotopic (exact) mass is 261 g/mol. The quantitative estimate of drug-likeness (QED) is 0.629. The lowest BCUT2D eigenvalue weighted by molar-refractivity contribution is 0.851. The third-order valence-electron chi connectivity index (χ3n) is 2.99.